The smallest absolute Gasteiger partial charge is 0.237 e. The first-order valence-electron chi connectivity index (χ1n) is 14.4. The van der Waals surface area contributed by atoms with Gasteiger partial charge in [-0.25, -0.2) is 27.8 Å². The number of hydrogen-bond acceptors (Lipinski definition) is 9. The van der Waals surface area contributed by atoms with E-state index in [1.54, 1.807) is 54.9 Å². The molecule has 3 aromatic carbocycles. The van der Waals surface area contributed by atoms with Gasteiger partial charge in [-0.05, 0) is 79.9 Å². The van der Waals surface area contributed by atoms with E-state index in [-0.39, 0.29) is 17.6 Å². The summed E-state index contributed by atoms with van der Waals surface area (Å²) in [5.41, 5.74) is 2.68. The highest BCUT2D eigenvalue weighted by Gasteiger charge is 2.21. The standard InChI is InChI=1S/C33H30FN7O3S/c1-21-6-11-25-26(12-13-28(34)30(25)41-45(42,43)20-23-9-7-22(18-35)8-10-23)31(21)44-32-27(5-3-16-37-32)29-14-17-38-33(40-29)39-24-4-2-15-36-19-24/h3,5-14,16-17,24,36,41H,2,4,15,19-20H2,1H3,(H,38,39,40). The van der Waals surface area contributed by atoms with Crippen LogP contribution in [-0.4, -0.2) is 42.5 Å². The maximum Gasteiger partial charge on any atom is 0.237 e. The van der Waals surface area contributed by atoms with Crippen LogP contribution >= 0.6 is 0 Å². The quantitative estimate of drug-likeness (QED) is 0.183. The average Bonchev–Trinajstić information content (AvgIpc) is 3.04. The van der Waals surface area contributed by atoms with Crippen LogP contribution in [0.15, 0.2) is 79.1 Å². The summed E-state index contributed by atoms with van der Waals surface area (Å²) in [7, 11) is -4.01. The van der Waals surface area contributed by atoms with Crippen LogP contribution in [0.4, 0.5) is 16.0 Å². The molecule has 3 heterocycles. The van der Waals surface area contributed by atoms with Crippen LogP contribution < -0.4 is 20.1 Å². The minimum absolute atomic E-state index is 0.184. The van der Waals surface area contributed by atoms with Gasteiger partial charge in [-0.2, -0.15) is 5.26 Å². The number of halogens is 1. The Bertz CT molecular complexity index is 2010. The van der Waals surface area contributed by atoms with Crippen molar-refractivity contribution in [2.45, 2.75) is 31.6 Å². The van der Waals surface area contributed by atoms with Crippen LogP contribution in [0.5, 0.6) is 11.6 Å². The molecule has 228 valence electrons. The molecular weight excluding hydrogens is 593 g/mol. The number of ether oxygens (including phenoxy) is 1. The normalized spacial score (nSPS) is 14.9. The van der Waals surface area contributed by atoms with Gasteiger partial charge in [0.15, 0.2) is 0 Å². The van der Waals surface area contributed by atoms with Crippen LogP contribution in [0.3, 0.4) is 0 Å². The molecule has 0 bridgehead atoms. The SMILES string of the molecule is Cc1ccc2c(NS(=O)(=O)Cc3ccc(C#N)cc3)c(F)ccc2c1Oc1ncccc1-c1ccnc(NC2CCCNC2)n1. The number of aryl methyl sites for hydroxylation is 1. The van der Waals surface area contributed by atoms with Crippen molar-refractivity contribution in [3.05, 3.63) is 102 Å². The van der Waals surface area contributed by atoms with E-state index in [9.17, 15) is 8.42 Å². The number of nitrogens with zero attached hydrogens (tertiary/aromatic N) is 4. The lowest BCUT2D eigenvalue weighted by Crippen LogP contribution is -2.38. The largest absolute Gasteiger partial charge is 0.437 e. The van der Waals surface area contributed by atoms with Gasteiger partial charge in [0.1, 0.15) is 11.6 Å². The monoisotopic (exact) mass is 623 g/mol. The molecule has 0 aliphatic carbocycles. The van der Waals surface area contributed by atoms with E-state index in [4.69, 9.17) is 15.0 Å². The predicted molar refractivity (Wildman–Crippen MR) is 171 cm³/mol. The molecule has 6 rings (SSSR count). The summed E-state index contributed by atoms with van der Waals surface area (Å²) >= 11 is 0. The van der Waals surface area contributed by atoms with Crippen LogP contribution in [0.25, 0.3) is 22.0 Å². The van der Waals surface area contributed by atoms with Crippen molar-refractivity contribution >= 4 is 32.4 Å². The number of fused-ring (bicyclic) bond motifs is 1. The number of pyridine rings is 1. The van der Waals surface area contributed by atoms with Crippen molar-refractivity contribution in [1.82, 2.24) is 20.3 Å². The highest BCUT2D eigenvalue weighted by atomic mass is 32.2. The third kappa shape index (κ3) is 6.85. The fourth-order valence-corrected chi connectivity index (χ4v) is 6.51. The Labute approximate surface area is 260 Å². The highest BCUT2D eigenvalue weighted by Crippen LogP contribution is 2.39. The summed E-state index contributed by atoms with van der Waals surface area (Å²) in [6, 6.07) is 20.0. The van der Waals surface area contributed by atoms with Crippen LogP contribution in [0, 0.1) is 24.1 Å². The fraction of sp³-hybridized carbons (Fsp3) is 0.212. The van der Waals surface area contributed by atoms with E-state index in [1.807, 2.05) is 19.1 Å². The predicted octanol–water partition coefficient (Wildman–Crippen LogP) is 5.91. The minimum Gasteiger partial charge on any atom is -0.437 e. The van der Waals surface area contributed by atoms with E-state index in [2.05, 4.69) is 25.3 Å². The molecule has 1 saturated heterocycles. The summed E-state index contributed by atoms with van der Waals surface area (Å²) in [6.07, 6.45) is 5.39. The zero-order valence-electron chi connectivity index (χ0n) is 24.4. The Morgan fingerprint density at radius 2 is 1.87 bits per heavy atom. The minimum atomic E-state index is -4.01. The van der Waals surface area contributed by atoms with Crippen molar-refractivity contribution < 1.29 is 17.5 Å². The van der Waals surface area contributed by atoms with Gasteiger partial charge in [0.2, 0.25) is 21.9 Å². The van der Waals surface area contributed by atoms with Gasteiger partial charge >= 0.3 is 0 Å². The number of hydrogen-bond donors (Lipinski definition) is 3. The molecule has 3 N–H and O–H groups in total. The van der Waals surface area contributed by atoms with Crippen molar-refractivity contribution in [2.24, 2.45) is 0 Å². The van der Waals surface area contributed by atoms with Gasteiger partial charge in [-0.3, -0.25) is 4.72 Å². The summed E-state index contributed by atoms with van der Waals surface area (Å²) in [5, 5.41) is 16.6. The molecule has 1 atom stereocenters. The first-order chi connectivity index (χ1) is 21.8. The second kappa shape index (κ2) is 12.9. The zero-order valence-corrected chi connectivity index (χ0v) is 25.2. The number of anilines is 2. The number of nitrogens with one attached hydrogen (secondary N) is 3. The second-order valence-electron chi connectivity index (χ2n) is 10.8. The van der Waals surface area contributed by atoms with Crippen molar-refractivity contribution in [3.8, 4) is 29.0 Å². The number of nitriles is 1. The van der Waals surface area contributed by atoms with Crippen LogP contribution in [0.2, 0.25) is 0 Å². The van der Waals surface area contributed by atoms with E-state index in [0.29, 0.717) is 44.9 Å². The van der Waals surface area contributed by atoms with Crippen molar-refractivity contribution in [3.63, 3.8) is 0 Å². The Balaban J connectivity index is 1.31. The lowest BCUT2D eigenvalue weighted by Gasteiger charge is -2.23. The number of rotatable bonds is 9. The van der Waals surface area contributed by atoms with Gasteiger partial charge in [-0.1, -0.05) is 24.3 Å². The fourth-order valence-electron chi connectivity index (χ4n) is 5.29. The maximum absolute atomic E-state index is 15.2. The molecule has 1 aliphatic heterocycles. The first kappa shape index (κ1) is 29.9. The molecule has 45 heavy (non-hydrogen) atoms. The van der Waals surface area contributed by atoms with Crippen molar-refractivity contribution in [2.75, 3.05) is 23.1 Å². The Morgan fingerprint density at radius 3 is 2.64 bits per heavy atom. The Kier molecular flexibility index (Phi) is 8.55. The highest BCUT2D eigenvalue weighted by molar-refractivity contribution is 7.91. The van der Waals surface area contributed by atoms with Gasteiger partial charge in [0.05, 0.1) is 34.3 Å². The topological polar surface area (TPSA) is 142 Å². The maximum atomic E-state index is 15.2. The van der Waals surface area contributed by atoms with E-state index >= 15 is 4.39 Å². The van der Waals surface area contributed by atoms with Crippen molar-refractivity contribution in [1.29, 1.82) is 5.26 Å². The molecule has 10 nitrogen and oxygen atoms in total. The number of aromatic nitrogens is 3. The Hall–Kier alpha value is -5.12. The van der Waals surface area contributed by atoms with Gasteiger partial charge in [0, 0.05) is 35.8 Å². The average molecular weight is 624 g/mol. The number of piperidine rings is 1. The summed E-state index contributed by atoms with van der Waals surface area (Å²) in [4.78, 5) is 13.6. The second-order valence-corrected chi connectivity index (χ2v) is 12.5. The van der Waals surface area contributed by atoms with E-state index in [0.717, 1.165) is 31.5 Å². The summed E-state index contributed by atoms with van der Waals surface area (Å²) in [6.45, 7) is 3.69. The molecule has 5 aromatic rings. The zero-order chi connectivity index (χ0) is 31.4. The Morgan fingerprint density at radius 1 is 1.04 bits per heavy atom. The van der Waals surface area contributed by atoms with Gasteiger partial charge in [0.25, 0.3) is 0 Å². The molecule has 1 aliphatic rings. The lowest BCUT2D eigenvalue weighted by molar-refractivity contribution is 0.466. The molecular formula is C33H30FN7O3S. The molecule has 0 radical (unpaired) electrons. The van der Waals surface area contributed by atoms with E-state index < -0.39 is 21.6 Å². The third-order valence-corrected chi connectivity index (χ3v) is 8.75. The molecule has 2 aromatic heterocycles. The van der Waals surface area contributed by atoms with E-state index in [1.165, 1.54) is 18.2 Å². The molecule has 12 heteroatoms. The molecule has 0 amide bonds. The molecule has 1 fully saturated rings. The number of benzene rings is 3. The molecule has 0 saturated carbocycles. The van der Waals surface area contributed by atoms with Crippen LogP contribution in [-0.2, 0) is 15.8 Å². The third-order valence-electron chi connectivity index (χ3n) is 7.53. The molecule has 0 spiro atoms. The molecule has 1 unspecified atom stereocenters. The van der Waals surface area contributed by atoms with Gasteiger partial charge < -0.3 is 15.4 Å². The summed E-state index contributed by atoms with van der Waals surface area (Å²) < 4.78 is 50.3. The lowest BCUT2D eigenvalue weighted by atomic mass is 10.0. The van der Waals surface area contributed by atoms with Gasteiger partial charge in [-0.15, -0.1) is 0 Å². The number of sulfonamides is 1. The first-order valence-corrected chi connectivity index (χ1v) is 16.1. The van der Waals surface area contributed by atoms with Crippen LogP contribution in [0.1, 0.15) is 29.5 Å². The summed E-state index contributed by atoms with van der Waals surface area (Å²) in [5.74, 6) is 0.0675.